The molecule has 0 saturated carbocycles. The SMILES string of the molecule is Cn1nnc2c(NC(N)=S)cccc21. The van der Waals surface area contributed by atoms with Crippen molar-refractivity contribution >= 4 is 34.1 Å². The summed E-state index contributed by atoms with van der Waals surface area (Å²) in [7, 11) is 1.83. The van der Waals surface area contributed by atoms with Crippen LogP contribution < -0.4 is 11.1 Å². The highest BCUT2D eigenvalue weighted by atomic mass is 32.1. The van der Waals surface area contributed by atoms with Crippen molar-refractivity contribution < 1.29 is 0 Å². The average Bonchev–Trinajstić information content (AvgIpc) is 2.49. The third kappa shape index (κ3) is 1.39. The first kappa shape index (κ1) is 8.89. The van der Waals surface area contributed by atoms with E-state index in [1.54, 1.807) is 4.68 Å². The summed E-state index contributed by atoms with van der Waals surface area (Å²) in [6.45, 7) is 0. The van der Waals surface area contributed by atoms with Gasteiger partial charge >= 0.3 is 0 Å². The van der Waals surface area contributed by atoms with Crippen LogP contribution in [0.1, 0.15) is 0 Å². The lowest BCUT2D eigenvalue weighted by atomic mass is 10.2. The van der Waals surface area contributed by atoms with Crippen molar-refractivity contribution in [3.05, 3.63) is 18.2 Å². The summed E-state index contributed by atoms with van der Waals surface area (Å²) in [5.74, 6) is 0. The number of benzene rings is 1. The molecule has 72 valence electrons. The number of rotatable bonds is 1. The van der Waals surface area contributed by atoms with Gasteiger partial charge in [0.2, 0.25) is 0 Å². The van der Waals surface area contributed by atoms with Crippen LogP contribution in [0.3, 0.4) is 0 Å². The van der Waals surface area contributed by atoms with Crippen molar-refractivity contribution in [2.45, 2.75) is 0 Å². The van der Waals surface area contributed by atoms with Gasteiger partial charge in [-0.15, -0.1) is 5.10 Å². The first-order valence-corrected chi connectivity index (χ1v) is 4.44. The minimum absolute atomic E-state index is 0.225. The van der Waals surface area contributed by atoms with Gasteiger partial charge in [-0.25, -0.2) is 4.68 Å². The van der Waals surface area contributed by atoms with E-state index in [0.29, 0.717) is 0 Å². The molecule has 0 saturated heterocycles. The Bertz CT molecular complexity index is 489. The monoisotopic (exact) mass is 207 g/mol. The maximum atomic E-state index is 5.39. The predicted molar refractivity (Wildman–Crippen MR) is 58.9 cm³/mol. The number of nitrogens with one attached hydrogen (secondary N) is 1. The number of hydrogen-bond acceptors (Lipinski definition) is 3. The second-order valence-electron chi connectivity index (χ2n) is 2.88. The molecule has 2 rings (SSSR count). The van der Waals surface area contributed by atoms with E-state index in [9.17, 15) is 0 Å². The smallest absolute Gasteiger partial charge is 0.168 e. The van der Waals surface area contributed by atoms with Crippen molar-refractivity contribution in [3.63, 3.8) is 0 Å². The largest absolute Gasteiger partial charge is 0.376 e. The maximum absolute atomic E-state index is 5.39. The van der Waals surface area contributed by atoms with Crippen molar-refractivity contribution in [2.24, 2.45) is 12.8 Å². The number of fused-ring (bicyclic) bond motifs is 1. The van der Waals surface area contributed by atoms with E-state index in [4.69, 9.17) is 18.0 Å². The Hall–Kier alpha value is -1.69. The van der Waals surface area contributed by atoms with Crippen LogP contribution in [0, 0.1) is 0 Å². The first-order valence-electron chi connectivity index (χ1n) is 4.03. The average molecular weight is 207 g/mol. The van der Waals surface area contributed by atoms with E-state index in [0.717, 1.165) is 16.7 Å². The van der Waals surface area contributed by atoms with Gasteiger partial charge in [-0.3, -0.25) is 0 Å². The van der Waals surface area contributed by atoms with E-state index in [2.05, 4.69) is 15.6 Å². The fraction of sp³-hybridized carbons (Fsp3) is 0.125. The number of aromatic nitrogens is 3. The number of nitrogens with zero attached hydrogens (tertiary/aromatic N) is 3. The van der Waals surface area contributed by atoms with Gasteiger partial charge in [-0.2, -0.15) is 0 Å². The van der Waals surface area contributed by atoms with Gasteiger partial charge in [-0.1, -0.05) is 11.3 Å². The van der Waals surface area contributed by atoms with E-state index in [1.807, 2.05) is 25.2 Å². The van der Waals surface area contributed by atoms with Crippen LogP contribution in [0.2, 0.25) is 0 Å². The fourth-order valence-electron chi connectivity index (χ4n) is 1.29. The molecule has 0 aliphatic rings. The zero-order chi connectivity index (χ0) is 10.1. The molecule has 0 aliphatic carbocycles. The minimum Gasteiger partial charge on any atom is -0.376 e. The Morgan fingerprint density at radius 1 is 1.57 bits per heavy atom. The Labute approximate surface area is 85.9 Å². The summed E-state index contributed by atoms with van der Waals surface area (Å²) < 4.78 is 1.69. The quantitative estimate of drug-likeness (QED) is 0.671. The van der Waals surface area contributed by atoms with Gasteiger partial charge in [0.1, 0.15) is 5.52 Å². The van der Waals surface area contributed by atoms with E-state index in [-0.39, 0.29) is 5.11 Å². The van der Waals surface area contributed by atoms with Gasteiger partial charge in [0.15, 0.2) is 5.11 Å². The zero-order valence-electron chi connectivity index (χ0n) is 7.56. The first-order chi connectivity index (χ1) is 6.68. The second kappa shape index (κ2) is 3.22. The third-order valence-corrected chi connectivity index (χ3v) is 2.00. The molecule has 0 radical (unpaired) electrons. The van der Waals surface area contributed by atoms with Crippen LogP contribution in [0.5, 0.6) is 0 Å². The molecule has 0 aliphatic heterocycles. The topological polar surface area (TPSA) is 68.8 Å². The molecular weight excluding hydrogens is 198 g/mol. The van der Waals surface area contributed by atoms with E-state index in [1.165, 1.54) is 0 Å². The molecule has 0 spiro atoms. The van der Waals surface area contributed by atoms with Gasteiger partial charge in [0.05, 0.1) is 11.2 Å². The molecule has 2 aromatic rings. The van der Waals surface area contributed by atoms with Crippen LogP contribution in [-0.2, 0) is 7.05 Å². The maximum Gasteiger partial charge on any atom is 0.168 e. The van der Waals surface area contributed by atoms with Crippen LogP contribution in [0.25, 0.3) is 11.0 Å². The van der Waals surface area contributed by atoms with Gasteiger partial charge < -0.3 is 11.1 Å². The van der Waals surface area contributed by atoms with Crippen molar-refractivity contribution in [2.75, 3.05) is 5.32 Å². The number of nitrogens with two attached hydrogens (primary N) is 1. The Morgan fingerprint density at radius 2 is 2.36 bits per heavy atom. The lowest BCUT2D eigenvalue weighted by molar-refractivity contribution is 0.736. The summed E-state index contributed by atoms with van der Waals surface area (Å²) in [5, 5.41) is 11.0. The van der Waals surface area contributed by atoms with Gasteiger partial charge in [0, 0.05) is 7.05 Å². The molecule has 1 heterocycles. The zero-order valence-corrected chi connectivity index (χ0v) is 8.38. The number of hydrogen-bond donors (Lipinski definition) is 2. The number of anilines is 1. The molecule has 6 heteroatoms. The highest BCUT2D eigenvalue weighted by Crippen LogP contribution is 2.19. The van der Waals surface area contributed by atoms with Crippen LogP contribution >= 0.6 is 12.2 Å². The highest BCUT2D eigenvalue weighted by molar-refractivity contribution is 7.80. The van der Waals surface area contributed by atoms with Crippen molar-refractivity contribution in [3.8, 4) is 0 Å². The molecule has 0 fully saturated rings. The molecule has 0 amide bonds. The normalized spacial score (nSPS) is 10.4. The summed E-state index contributed by atoms with van der Waals surface area (Å²) in [6, 6.07) is 5.68. The molecule has 14 heavy (non-hydrogen) atoms. The van der Waals surface area contributed by atoms with Crippen LogP contribution in [0.4, 0.5) is 5.69 Å². The van der Waals surface area contributed by atoms with Crippen LogP contribution in [0.15, 0.2) is 18.2 Å². The molecule has 1 aromatic heterocycles. The number of aryl methyl sites for hydroxylation is 1. The summed E-state index contributed by atoms with van der Waals surface area (Å²) >= 11 is 4.76. The third-order valence-electron chi connectivity index (χ3n) is 1.90. The van der Waals surface area contributed by atoms with E-state index < -0.39 is 0 Å². The van der Waals surface area contributed by atoms with Crippen molar-refractivity contribution in [1.29, 1.82) is 0 Å². The lowest BCUT2D eigenvalue weighted by Gasteiger charge is -2.03. The summed E-state index contributed by atoms with van der Waals surface area (Å²) in [6.07, 6.45) is 0. The summed E-state index contributed by atoms with van der Waals surface area (Å²) in [5.41, 5.74) is 7.87. The fourth-order valence-corrected chi connectivity index (χ4v) is 1.40. The molecular formula is C8H9N5S. The Balaban J connectivity index is 2.59. The second-order valence-corrected chi connectivity index (χ2v) is 3.32. The van der Waals surface area contributed by atoms with Crippen molar-refractivity contribution in [1.82, 2.24) is 15.0 Å². The number of thiocarbonyl (C=S) groups is 1. The standard InChI is InChI=1S/C8H9N5S/c1-13-6-4-2-3-5(10-8(9)14)7(6)11-12-13/h2-4H,1H3,(H3,9,10,14). The Kier molecular flexibility index (Phi) is 2.05. The van der Waals surface area contributed by atoms with Gasteiger partial charge in [0.25, 0.3) is 0 Å². The lowest BCUT2D eigenvalue weighted by Crippen LogP contribution is -2.19. The van der Waals surface area contributed by atoms with E-state index >= 15 is 0 Å². The van der Waals surface area contributed by atoms with Crippen LogP contribution in [-0.4, -0.2) is 20.1 Å². The predicted octanol–water partition coefficient (Wildman–Crippen LogP) is 0.624. The Morgan fingerprint density at radius 3 is 3.07 bits per heavy atom. The van der Waals surface area contributed by atoms with Gasteiger partial charge in [-0.05, 0) is 24.4 Å². The summed E-state index contributed by atoms with van der Waals surface area (Å²) in [4.78, 5) is 0. The molecule has 0 atom stereocenters. The molecule has 1 aromatic carbocycles. The molecule has 0 bridgehead atoms. The molecule has 5 nitrogen and oxygen atoms in total. The molecule has 0 unspecified atom stereocenters. The highest BCUT2D eigenvalue weighted by Gasteiger charge is 2.06. The minimum atomic E-state index is 0.225. The molecule has 3 N–H and O–H groups in total.